The zero-order valence-corrected chi connectivity index (χ0v) is 6.04. The van der Waals surface area contributed by atoms with Crippen LogP contribution in [-0.4, -0.2) is 23.8 Å². The Balaban J connectivity index is 3.71. The minimum atomic E-state index is -0.929. The first-order chi connectivity index (χ1) is 4.72. The van der Waals surface area contributed by atoms with E-state index >= 15 is 0 Å². The summed E-state index contributed by atoms with van der Waals surface area (Å²) in [5.41, 5.74) is 0. The fourth-order valence-corrected chi connectivity index (χ4v) is 0.593. The number of hydrogen-bond donors (Lipinski definition) is 1. The van der Waals surface area contributed by atoms with E-state index in [1.807, 2.05) is 0 Å². The van der Waals surface area contributed by atoms with Crippen LogP contribution in [0.4, 0.5) is 0 Å². The Morgan fingerprint density at radius 1 is 1.90 bits per heavy atom. The third kappa shape index (κ3) is 3.25. The molecule has 0 aromatic rings. The van der Waals surface area contributed by atoms with E-state index in [-0.39, 0.29) is 0 Å². The summed E-state index contributed by atoms with van der Waals surface area (Å²) in [6, 6.07) is 0. The summed E-state index contributed by atoms with van der Waals surface area (Å²) in [5.74, 6) is -0.929. The van der Waals surface area contributed by atoms with Crippen LogP contribution in [0.2, 0.25) is 0 Å². The molecule has 0 spiro atoms. The van der Waals surface area contributed by atoms with Crippen LogP contribution in [0, 0.1) is 0 Å². The molecule has 10 heavy (non-hydrogen) atoms. The van der Waals surface area contributed by atoms with Crippen LogP contribution >= 0.6 is 0 Å². The van der Waals surface area contributed by atoms with E-state index < -0.39 is 12.1 Å². The second kappa shape index (κ2) is 4.99. The summed E-state index contributed by atoms with van der Waals surface area (Å²) in [5, 5.41) is 8.46. The molecule has 3 heteroatoms. The monoisotopic (exact) mass is 144 g/mol. The van der Waals surface area contributed by atoms with E-state index in [0.29, 0.717) is 13.0 Å². The number of rotatable bonds is 5. The smallest absolute Gasteiger partial charge is 0.333 e. The Kier molecular flexibility index (Phi) is 4.58. The standard InChI is InChI=1S/C7H12O3/c1-3-5-6(7(8)9)10-4-2/h3,6H,1,4-5H2,2H3,(H,8,9). The van der Waals surface area contributed by atoms with Crippen molar-refractivity contribution >= 4 is 5.97 Å². The number of aliphatic carboxylic acids is 1. The van der Waals surface area contributed by atoms with Crippen molar-refractivity contribution in [2.24, 2.45) is 0 Å². The molecular weight excluding hydrogens is 132 g/mol. The van der Waals surface area contributed by atoms with Gasteiger partial charge in [-0.25, -0.2) is 4.79 Å². The lowest BCUT2D eigenvalue weighted by Crippen LogP contribution is -2.22. The van der Waals surface area contributed by atoms with Crippen LogP contribution in [0.15, 0.2) is 12.7 Å². The van der Waals surface area contributed by atoms with Gasteiger partial charge in [0.2, 0.25) is 0 Å². The van der Waals surface area contributed by atoms with Crippen molar-refractivity contribution in [3.8, 4) is 0 Å². The molecule has 0 aliphatic rings. The van der Waals surface area contributed by atoms with Gasteiger partial charge in [-0.3, -0.25) is 0 Å². The minimum Gasteiger partial charge on any atom is -0.479 e. The molecule has 0 fully saturated rings. The van der Waals surface area contributed by atoms with Crippen molar-refractivity contribution in [3.05, 3.63) is 12.7 Å². The lowest BCUT2D eigenvalue weighted by atomic mass is 10.2. The summed E-state index contributed by atoms with van der Waals surface area (Å²) in [6.07, 6.45) is 1.18. The maximum atomic E-state index is 10.3. The molecule has 0 heterocycles. The van der Waals surface area contributed by atoms with Crippen LogP contribution in [0.5, 0.6) is 0 Å². The summed E-state index contributed by atoms with van der Waals surface area (Å²) in [7, 11) is 0. The van der Waals surface area contributed by atoms with Crippen LogP contribution in [0.1, 0.15) is 13.3 Å². The molecule has 58 valence electrons. The van der Waals surface area contributed by atoms with Crippen molar-refractivity contribution in [1.82, 2.24) is 0 Å². The Bertz CT molecular complexity index is 120. The first-order valence-corrected chi connectivity index (χ1v) is 3.17. The third-order valence-electron chi connectivity index (χ3n) is 1.02. The highest BCUT2D eigenvalue weighted by Crippen LogP contribution is 1.98. The molecule has 1 atom stereocenters. The zero-order valence-electron chi connectivity index (χ0n) is 6.04. The first-order valence-electron chi connectivity index (χ1n) is 3.17. The van der Waals surface area contributed by atoms with Gasteiger partial charge in [0.1, 0.15) is 0 Å². The number of carboxylic acids is 1. The fourth-order valence-electron chi connectivity index (χ4n) is 0.593. The van der Waals surface area contributed by atoms with Crippen molar-refractivity contribution in [2.45, 2.75) is 19.4 Å². The van der Waals surface area contributed by atoms with Crippen molar-refractivity contribution < 1.29 is 14.6 Å². The van der Waals surface area contributed by atoms with Crippen LogP contribution in [0.3, 0.4) is 0 Å². The predicted octanol–water partition coefficient (Wildman–Crippen LogP) is 1.05. The average molecular weight is 144 g/mol. The lowest BCUT2D eigenvalue weighted by molar-refractivity contribution is -0.149. The quantitative estimate of drug-likeness (QED) is 0.587. The number of hydrogen-bond acceptors (Lipinski definition) is 2. The maximum absolute atomic E-state index is 10.3. The number of ether oxygens (including phenoxy) is 1. The van der Waals surface area contributed by atoms with Gasteiger partial charge in [-0.1, -0.05) is 6.08 Å². The minimum absolute atomic E-state index is 0.364. The van der Waals surface area contributed by atoms with Crippen LogP contribution < -0.4 is 0 Å². The van der Waals surface area contributed by atoms with E-state index in [9.17, 15) is 4.79 Å². The maximum Gasteiger partial charge on any atom is 0.333 e. The second-order valence-corrected chi connectivity index (χ2v) is 1.81. The third-order valence-corrected chi connectivity index (χ3v) is 1.02. The molecule has 1 N–H and O–H groups in total. The molecule has 3 nitrogen and oxygen atoms in total. The molecule has 1 unspecified atom stereocenters. The van der Waals surface area contributed by atoms with Crippen molar-refractivity contribution in [3.63, 3.8) is 0 Å². The molecular formula is C7H12O3. The summed E-state index contributed by atoms with van der Waals surface area (Å²) < 4.78 is 4.87. The van der Waals surface area contributed by atoms with Gasteiger partial charge in [0.25, 0.3) is 0 Å². The summed E-state index contributed by atoms with van der Waals surface area (Å²) >= 11 is 0. The van der Waals surface area contributed by atoms with Gasteiger partial charge in [0.15, 0.2) is 6.10 Å². The molecule has 0 radical (unpaired) electrons. The predicted molar refractivity (Wildman–Crippen MR) is 37.9 cm³/mol. The highest BCUT2D eigenvalue weighted by atomic mass is 16.5. The first kappa shape index (κ1) is 9.17. The van der Waals surface area contributed by atoms with E-state index in [2.05, 4.69) is 6.58 Å². The number of carbonyl (C=O) groups is 1. The van der Waals surface area contributed by atoms with Crippen molar-refractivity contribution in [1.29, 1.82) is 0 Å². The van der Waals surface area contributed by atoms with Crippen molar-refractivity contribution in [2.75, 3.05) is 6.61 Å². The van der Waals surface area contributed by atoms with Gasteiger partial charge in [-0.15, -0.1) is 6.58 Å². The fraction of sp³-hybridized carbons (Fsp3) is 0.571. The largest absolute Gasteiger partial charge is 0.479 e. The van der Waals surface area contributed by atoms with E-state index in [1.54, 1.807) is 6.92 Å². The highest BCUT2D eigenvalue weighted by Gasteiger charge is 2.14. The lowest BCUT2D eigenvalue weighted by Gasteiger charge is -2.08. The van der Waals surface area contributed by atoms with E-state index in [0.717, 1.165) is 0 Å². The van der Waals surface area contributed by atoms with Gasteiger partial charge >= 0.3 is 5.97 Å². The zero-order chi connectivity index (χ0) is 7.98. The van der Waals surface area contributed by atoms with Gasteiger partial charge < -0.3 is 9.84 Å². The van der Waals surface area contributed by atoms with E-state index in [4.69, 9.17) is 9.84 Å². The van der Waals surface area contributed by atoms with E-state index in [1.165, 1.54) is 6.08 Å². The molecule has 0 amide bonds. The second-order valence-electron chi connectivity index (χ2n) is 1.81. The molecule has 0 aromatic heterocycles. The highest BCUT2D eigenvalue weighted by molar-refractivity contribution is 5.72. The molecule has 0 aliphatic heterocycles. The Labute approximate surface area is 60.3 Å². The summed E-state index contributed by atoms with van der Waals surface area (Å²) in [6.45, 7) is 5.61. The van der Waals surface area contributed by atoms with Gasteiger partial charge in [0.05, 0.1) is 0 Å². The number of carboxylic acid groups (broad SMARTS) is 1. The normalized spacial score (nSPS) is 12.5. The topological polar surface area (TPSA) is 46.5 Å². The molecule has 0 saturated carbocycles. The SMILES string of the molecule is C=CCC(OCC)C(=O)O. The Morgan fingerprint density at radius 3 is 2.80 bits per heavy atom. The van der Waals surface area contributed by atoms with Gasteiger partial charge in [0, 0.05) is 13.0 Å². The molecule has 0 saturated heterocycles. The van der Waals surface area contributed by atoms with Gasteiger partial charge in [-0.05, 0) is 6.92 Å². The van der Waals surface area contributed by atoms with Crippen LogP contribution in [0.25, 0.3) is 0 Å². The average Bonchev–Trinajstić information content (AvgIpc) is 1.87. The van der Waals surface area contributed by atoms with Crippen LogP contribution in [-0.2, 0) is 9.53 Å². The molecule has 0 aromatic carbocycles. The molecule has 0 bridgehead atoms. The summed E-state index contributed by atoms with van der Waals surface area (Å²) in [4.78, 5) is 10.3. The Hall–Kier alpha value is -0.830. The Morgan fingerprint density at radius 2 is 2.50 bits per heavy atom. The molecule has 0 aliphatic carbocycles. The molecule has 0 rings (SSSR count). The van der Waals surface area contributed by atoms with Gasteiger partial charge in [-0.2, -0.15) is 0 Å².